The Balaban J connectivity index is 1.63. The molecule has 0 atom stereocenters. The minimum Gasteiger partial charge on any atom is -0.454 e. The molecular formula is C13H17NO2S. The predicted octanol–water partition coefficient (Wildman–Crippen LogP) is 2.40. The normalized spacial score (nSPS) is 19.5. The van der Waals surface area contributed by atoms with Gasteiger partial charge in [-0.15, -0.1) is 0 Å². The van der Waals surface area contributed by atoms with E-state index in [1.54, 1.807) is 0 Å². The van der Waals surface area contributed by atoms with E-state index in [9.17, 15) is 0 Å². The molecule has 0 unspecified atom stereocenters. The van der Waals surface area contributed by atoms with Crippen LogP contribution >= 0.6 is 11.8 Å². The summed E-state index contributed by atoms with van der Waals surface area (Å²) in [7, 11) is 0. The van der Waals surface area contributed by atoms with Crippen LogP contribution in [0.1, 0.15) is 18.4 Å². The Morgan fingerprint density at radius 3 is 3.00 bits per heavy atom. The molecule has 0 radical (unpaired) electrons. The zero-order chi connectivity index (χ0) is 11.5. The van der Waals surface area contributed by atoms with Gasteiger partial charge in [-0.3, -0.25) is 0 Å². The highest BCUT2D eigenvalue weighted by atomic mass is 32.2. The summed E-state index contributed by atoms with van der Waals surface area (Å²) >= 11 is 2.06. The van der Waals surface area contributed by atoms with Gasteiger partial charge >= 0.3 is 0 Å². The molecule has 3 rings (SSSR count). The predicted molar refractivity (Wildman–Crippen MR) is 69.8 cm³/mol. The summed E-state index contributed by atoms with van der Waals surface area (Å²) in [6, 6.07) is 6.76. The first-order valence-corrected chi connectivity index (χ1v) is 7.27. The van der Waals surface area contributed by atoms with Crippen LogP contribution in [0, 0.1) is 0 Å². The van der Waals surface area contributed by atoms with Gasteiger partial charge in [0.25, 0.3) is 0 Å². The number of thioether (sulfide) groups is 1. The van der Waals surface area contributed by atoms with Gasteiger partial charge in [-0.2, -0.15) is 11.8 Å². The molecule has 0 bridgehead atoms. The van der Waals surface area contributed by atoms with Crippen molar-refractivity contribution < 1.29 is 9.47 Å². The lowest BCUT2D eigenvalue weighted by molar-refractivity contribution is 0.173. The first kappa shape index (κ1) is 11.2. The van der Waals surface area contributed by atoms with Crippen molar-refractivity contribution in [1.29, 1.82) is 0 Å². The highest BCUT2D eigenvalue weighted by Gasteiger charge is 2.18. The second-order valence-corrected chi connectivity index (χ2v) is 5.64. The molecule has 0 spiro atoms. The molecule has 1 saturated heterocycles. The summed E-state index contributed by atoms with van der Waals surface area (Å²) in [6.45, 7) is 1.23. The van der Waals surface area contributed by atoms with Gasteiger partial charge in [0.1, 0.15) is 0 Å². The zero-order valence-electron chi connectivity index (χ0n) is 9.78. The van der Waals surface area contributed by atoms with Crippen molar-refractivity contribution in [3.63, 3.8) is 0 Å². The van der Waals surface area contributed by atoms with Crippen LogP contribution in [0.5, 0.6) is 11.5 Å². The fraction of sp³-hybridized carbons (Fsp3) is 0.538. The number of rotatable bonds is 3. The minimum atomic E-state index is 0.354. The number of nitrogens with one attached hydrogen (secondary N) is 1. The monoisotopic (exact) mass is 251 g/mol. The molecule has 4 heteroatoms. The molecule has 3 nitrogen and oxygen atoms in total. The van der Waals surface area contributed by atoms with Gasteiger partial charge in [0.2, 0.25) is 6.79 Å². The summed E-state index contributed by atoms with van der Waals surface area (Å²) < 4.78 is 10.9. The quantitative estimate of drug-likeness (QED) is 0.893. The fourth-order valence-corrected chi connectivity index (χ4v) is 3.39. The average molecular weight is 251 g/mol. The van der Waals surface area contributed by atoms with E-state index in [1.807, 2.05) is 12.1 Å². The lowest BCUT2D eigenvalue weighted by Gasteiger charge is -2.22. The van der Waals surface area contributed by atoms with Crippen molar-refractivity contribution in [2.24, 2.45) is 0 Å². The average Bonchev–Trinajstić information content (AvgIpc) is 2.86. The number of hydrogen-bond donors (Lipinski definition) is 1. The van der Waals surface area contributed by atoms with Crippen molar-refractivity contribution in [3.8, 4) is 11.5 Å². The van der Waals surface area contributed by atoms with Crippen molar-refractivity contribution in [3.05, 3.63) is 23.8 Å². The third-order valence-corrected chi connectivity index (χ3v) is 4.33. The highest BCUT2D eigenvalue weighted by Crippen LogP contribution is 2.35. The van der Waals surface area contributed by atoms with E-state index in [4.69, 9.17) is 9.47 Å². The van der Waals surface area contributed by atoms with Crippen molar-refractivity contribution in [2.75, 3.05) is 18.3 Å². The number of hydrogen-bond acceptors (Lipinski definition) is 4. The molecule has 0 saturated carbocycles. The second-order valence-electron chi connectivity index (χ2n) is 4.42. The number of ether oxygens (including phenoxy) is 2. The first-order valence-electron chi connectivity index (χ1n) is 6.12. The van der Waals surface area contributed by atoms with Crippen molar-refractivity contribution in [1.82, 2.24) is 5.32 Å². The topological polar surface area (TPSA) is 30.5 Å². The maximum absolute atomic E-state index is 5.50. The Labute approximate surface area is 106 Å². The van der Waals surface area contributed by atoms with Gasteiger partial charge in [0, 0.05) is 18.2 Å². The van der Waals surface area contributed by atoms with Crippen molar-refractivity contribution in [2.45, 2.75) is 25.4 Å². The Kier molecular flexibility index (Phi) is 3.43. The van der Waals surface area contributed by atoms with E-state index in [1.165, 1.54) is 29.9 Å². The molecule has 0 amide bonds. The van der Waals surface area contributed by atoms with E-state index < -0.39 is 0 Å². The lowest BCUT2D eigenvalue weighted by Crippen LogP contribution is -2.32. The van der Waals surface area contributed by atoms with Gasteiger partial charge in [-0.25, -0.2) is 0 Å². The Morgan fingerprint density at radius 1 is 1.24 bits per heavy atom. The van der Waals surface area contributed by atoms with Crippen LogP contribution in [0.2, 0.25) is 0 Å². The van der Waals surface area contributed by atoms with E-state index >= 15 is 0 Å². The zero-order valence-corrected chi connectivity index (χ0v) is 10.6. The third kappa shape index (κ3) is 2.53. The van der Waals surface area contributed by atoms with Crippen LogP contribution in [-0.2, 0) is 6.54 Å². The summed E-state index contributed by atoms with van der Waals surface area (Å²) in [6.07, 6.45) is 2.55. The summed E-state index contributed by atoms with van der Waals surface area (Å²) in [4.78, 5) is 0. The van der Waals surface area contributed by atoms with Gasteiger partial charge in [-0.05, 0) is 30.4 Å². The fourth-order valence-electron chi connectivity index (χ4n) is 2.29. The molecule has 1 fully saturated rings. The standard InChI is InChI=1S/C13H17NO2S/c1-2-10(13-12(3-1)15-9-16-13)8-14-11-4-6-17-7-5-11/h1-3,11,14H,4-9H2. The summed E-state index contributed by atoms with van der Waals surface area (Å²) in [5, 5.41) is 3.62. The minimum absolute atomic E-state index is 0.354. The molecule has 0 aromatic heterocycles. The van der Waals surface area contributed by atoms with Crippen LogP contribution < -0.4 is 14.8 Å². The molecule has 0 aliphatic carbocycles. The molecule has 2 heterocycles. The van der Waals surface area contributed by atoms with Gasteiger partial charge in [0.15, 0.2) is 11.5 Å². The number of benzene rings is 1. The van der Waals surface area contributed by atoms with Gasteiger partial charge < -0.3 is 14.8 Å². The molecule has 17 heavy (non-hydrogen) atoms. The Bertz CT molecular complexity index is 391. The highest BCUT2D eigenvalue weighted by molar-refractivity contribution is 7.99. The van der Waals surface area contributed by atoms with Gasteiger partial charge in [-0.1, -0.05) is 12.1 Å². The molecule has 1 N–H and O–H groups in total. The van der Waals surface area contributed by atoms with Crippen LogP contribution in [0.15, 0.2) is 18.2 Å². The smallest absolute Gasteiger partial charge is 0.231 e. The maximum Gasteiger partial charge on any atom is 0.231 e. The molecule has 2 aliphatic rings. The maximum atomic E-state index is 5.50. The van der Waals surface area contributed by atoms with Crippen LogP contribution in [0.25, 0.3) is 0 Å². The van der Waals surface area contributed by atoms with E-state index in [0.29, 0.717) is 12.8 Å². The summed E-state index contributed by atoms with van der Waals surface area (Å²) in [5.74, 6) is 4.36. The van der Waals surface area contributed by atoms with Crippen LogP contribution in [0.4, 0.5) is 0 Å². The Hall–Kier alpha value is -0.870. The number of para-hydroxylation sites is 1. The molecule has 2 aliphatic heterocycles. The molecular weight excluding hydrogens is 234 g/mol. The SMILES string of the molecule is c1cc(CNC2CCSCC2)c2c(c1)OCO2. The van der Waals surface area contributed by atoms with Crippen LogP contribution in [-0.4, -0.2) is 24.3 Å². The Morgan fingerprint density at radius 2 is 2.12 bits per heavy atom. The van der Waals surface area contributed by atoms with Gasteiger partial charge in [0.05, 0.1) is 0 Å². The van der Waals surface area contributed by atoms with E-state index in [2.05, 4.69) is 23.1 Å². The van der Waals surface area contributed by atoms with Crippen molar-refractivity contribution >= 4 is 11.8 Å². The van der Waals surface area contributed by atoms with E-state index in [-0.39, 0.29) is 0 Å². The molecule has 1 aromatic rings. The third-order valence-electron chi connectivity index (χ3n) is 3.28. The van der Waals surface area contributed by atoms with Crippen LogP contribution in [0.3, 0.4) is 0 Å². The molecule has 1 aromatic carbocycles. The number of fused-ring (bicyclic) bond motifs is 1. The van der Waals surface area contributed by atoms with E-state index in [0.717, 1.165) is 18.0 Å². The first-order chi connectivity index (χ1) is 8.43. The second kappa shape index (κ2) is 5.19. The summed E-state index contributed by atoms with van der Waals surface area (Å²) in [5.41, 5.74) is 1.21. The molecule has 92 valence electrons. The largest absolute Gasteiger partial charge is 0.454 e. The lowest BCUT2D eigenvalue weighted by atomic mass is 10.1.